The van der Waals surface area contributed by atoms with E-state index in [0.29, 0.717) is 36.7 Å². The van der Waals surface area contributed by atoms with Crippen molar-refractivity contribution in [3.05, 3.63) is 46.4 Å². The van der Waals surface area contributed by atoms with Crippen molar-refractivity contribution in [1.29, 1.82) is 0 Å². The van der Waals surface area contributed by atoms with Crippen LogP contribution in [0.3, 0.4) is 0 Å². The Morgan fingerprint density at radius 3 is 3.13 bits per heavy atom. The Morgan fingerprint density at radius 1 is 1.43 bits per heavy atom. The number of oxazole rings is 1. The molecular weight excluding hydrogens is 318 g/mol. The fourth-order valence-corrected chi connectivity index (χ4v) is 3.21. The van der Waals surface area contributed by atoms with E-state index in [4.69, 9.17) is 20.8 Å². The number of carbonyl (C=O) groups is 1. The molecule has 0 spiro atoms. The molecule has 2 aliphatic heterocycles. The van der Waals surface area contributed by atoms with Gasteiger partial charge in [-0.05, 0) is 12.5 Å². The first-order valence-corrected chi connectivity index (χ1v) is 8.05. The quantitative estimate of drug-likeness (QED) is 0.844. The zero-order valence-electron chi connectivity index (χ0n) is 12.5. The maximum absolute atomic E-state index is 12.6. The maximum Gasteiger partial charge on any atom is 0.255 e. The van der Waals surface area contributed by atoms with E-state index >= 15 is 0 Å². The third kappa shape index (κ3) is 2.72. The summed E-state index contributed by atoms with van der Waals surface area (Å²) in [6.07, 6.45) is 4.67. The third-order valence-corrected chi connectivity index (χ3v) is 4.61. The number of hydrogen-bond donors (Lipinski definition) is 0. The molecule has 0 aromatic carbocycles. The largest absolute Gasteiger partial charge is 0.445 e. The van der Waals surface area contributed by atoms with Gasteiger partial charge >= 0.3 is 0 Å². The van der Waals surface area contributed by atoms with Crippen molar-refractivity contribution in [3.8, 4) is 0 Å². The van der Waals surface area contributed by atoms with Crippen LogP contribution in [0.1, 0.15) is 40.0 Å². The number of aromatic nitrogens is 2. The van der Waals surface area contributed by atoms with E-state index in [-0.39, 0.29) is 11.8 Å². The molecule has 0 bridgehead atoms. The predicted molar refractivity (Wildman–Crippen MR) is 82.4 cm³/mol. The summed E-state index contributed by atoms with van der Waals surface area (Å²) in [5.74, 6) is 1.76. The van der Waals surface area contributed by atoms with Crippen LogP contribution in [0.15, 0.2) is 22.9 Å². The van der Waals surface area contributed by atoms with Crippen LogP contribution >= 0.6 is 11.6 Å². The summed E-state index contributed by atoms with van der Waals surface area (Å²) < 4.78 is 11.3. The van der Waals surface area contributed by atoms with E-state index in [0.717, 1.165) is 30.4 Å². The molecule has 2 aliphatic rings. The Labute approximate surface area is 138 Å². The summed E-state index contributed by atoms with van der Waals surface area (Å²) in [5, 5.41) is 0.368. The SMILES string of the molecule is O=C(c1ccncc1Cl)N1CCc2oc(C3CCOC3)nc2C1. The molecule has 0 saturated carbocycles. The van der Waals surface area contributed by atoms with Crippen LogP contribution in [0, 0.1) is 0 Å². The van der Waals surface area contributed by atoms with Crippen LogP contribution in [0.2, 0.25) is 5.02 Å². The molecule has 1 amide bonds. The fraction of sp³-hybridized carbons (Fsp3) is 0.438. The molecule has 0 aliphatic carbocycles. The maximum atomic E-state index is 12.6. The van der Waals surface area contributed by atoms with Crippen molar-refractivity contribution in [3.63, 3.8) is 0 Å². The number of carbonyl (C=O) groups excluding carboxylic acids is 1. The van der Waals surface area contributed by atoms with Gasteiger partial charge in [-0.15, -0.1) is 0 Å². The summed E-state index contributed by atoms with van der Waals surface area (Å²) in [4.78, 5) is 22.9. The lowest BCUT2D eigenvalue weighted by Gasteiger charge is -2.25. The zero-order valence-corrected chi connectivity index (χ0v) is 13.3. The lowest BCUT2D eigenvalue weighted by molar-refractivity contribution is 0.0728. The van der Waals surface area contributed by atoms with Gasteiger partial charge in [0.1, 0.15) is 11.5 Å². The molecule has 2 aromatic heterocycles. The van der Waals surface area contributed by atoms with Crippen molar-refractivity contribution in [1.82, 2.24) is 14.9 Å². The molecule has 2 aromatic rings. The summed E-state index contributed by atoms with van der Waals surface area (Å²) in [6, 6.07) is 1.64. The normalized spacial score (nSPS) is 20.6. The van der Waals surface area contributed by atoms with Crippen LogP contribution in [-0.2, 0) is 17.7 Å². The van der Waals surface area contributed by atoms with Gasteiger partial charge in [0.05, 0.1) is 29.7 Å². The number of pyridine rings is 1. The van der Waals surface area contributed by atoms with Crippen molar-refractivity contribution >= 4 is 17.5 Å². The van der Waals surface area contributed by atoms with Crippen molar-refractivity contribution in [2.45, 2.75) is 25.3 Å². The number of nitrogens with zero attached hydrogens (tertiary/aromatic N) is 3. The topological polar surface area (TPSA) is 68.5 Å². The second-order valence-electron chi connectivity index (χ2n) is 5.81. The number of amides is 1. The van der Waals surface area contributed by atoms with E-state index < -0.39 is 0 Å². The molecule has 0 radical (unpaired) electrons. The van der Waals surface area contributed by atoms with E-state index in [1.165, 1.54) is 6.20 Å². The Hall–Kier alpha value is -1.92. The van der Waals surface area contributed by atoms with Crippen LogP contribution in [0.25, 0.3) is 0 Å². The molecule has 6 nitrogen and oxygen atoms in total. The third-order valence-electron chi connectivity index (χ3n) is 4.31. The molecule has 1 atom stereocenters. The highest BCUT2D eigenvalue weighted by Crippen LogP contribution is 2.29. The minimum absolute atomic E-state index is 0.100. The molecule has 0 N–H and O–H groups in total. The van der Waals surface area contributed by atoms with Crippen LogP contribution in [-0.4, -0.2) is 40.5 Å². The smallest absolute Gasteiger partial charge is 0.255 e. The van der Waals surface area contributed by atoms with E-state index in [1.807, 2.05) is 0 Å². The zero-order chi connectivity index (χ0) is 15.8. The minimum Gasteiger partial charge on any atom is -0.445 e. The Balaban J connectivity index is 1.54. The number of fused-ring (bicyclic) bond motifs is 1. The van der Waals surface area contributed by atoms with Crippen LogP contribution in [0.4, 0.5) is 0 Å². The van der Waals surface area contributed by atoms with Crippen LogP contribution in [0.5, 0.6) is 0 Å². The lowest BCUT2D eigenvalue weighted by Crippen LogP contribution is -2.36. The van der Waals surface area contributed by atoms with Crippen molar-refractivity contribution in [2.75, 3.05) is 19.8 Å². The average Bonchev–Trinajstić information content (AvgIpc) is 3.23. The van der Waals surface area contributed by atoms with Gasteiger partial charge in [-0.3, -0.25) is 9.78 Å². The summed E-state index contributed by atoms with van der Waals surface area (Å²) >= 11 is 6.07. The molecular formula is C16H16ClN3O3. The van der Waals surface area contributed by atoms with E-state index in [2.05, 4.69) is 9.97 Å². The van der Waals surface area contributed by atoms with Crippen molar-refractivity contribution < 1.29 is 13.9 Å². The van der Waals surface area contributed by atoms with Crippen LogP contribution < -0.4 is 0 Å². The number of hydrogen-bond acceptors (Lipinski definition) is 5. The minimum atomic E-state index is -0.100. The number of halogens is 1. The summed E-state index contributed by atoms with van der Waals surface area (Å²) in [7, 11) is 0. The Bertz CT molecular complexity index is 740. The molecule has 4 heterocycles. The monoisotopic (exact) mass is 333 g/mol. The highest BCUT2D eigenvalue weighted by Gasteiger charge is 2.30. The molecule has 1 fully saturated rings. The molecule has 120 valence electrons. The van der Waals surface area contributed by atoms with Gasteiger partial charge in [-0.1, -0.05) is 11.6 Å². The molecule has 23 heavy (non-hydrogen) atoms. The summed E-state index contributed by atoms with van der Waals surface area (Å²) in [6.45, 7) is 2.46. The Kier molecular flexibility index (Phi) is 3.79. The average molecular weight is 334 g/mol. The standard InChI is InChI=1S/C16H16ClN3O3/c17-12-7-18-4-1-11(12)16(21)20-5-2-14-13(8-20)19-15(23-14)10-3-6-22-9-10/h1,4,7,10H,2-3,5-6,8-9H2. The lowest BCUT2D eigenvalue weighted by atomic mass is 10.1. The van der Waals surface area contributed by atoms with E-state index in [1.54, 1.807) is 17.2 Å². The van der Waals surface area contributed by atoms with Gasteiger partial charge in [-0.2, -0.15) is 0 Å². The van der Waals surface area contributed by atoms with Gasteiger partial charge in [0.25, 0.3) is 5.91 Å². The van der Waals surface area contributed by atoms with Gasteiger partial charge in [0.15, 0.2) is 5.89 Å². The molecule has 7 heteroatoms. The second kappa shape index (κ2) is 5.94. The highest BCUT2D eigenvalue weighted by atomic mass is 35.5. The molecule has 1 unspecified atom stereocenters. The fourth-order valence-electron chi connectivity index (χ4n) is 3.01. The molecule has 1 saturated heterocycles. The first kappa shape index (κ1) is 14.7. The second-order valence-corrected chi connectivity index (χ2v) is 6.22. The Morgan fingerprint density at radius 2 is 2.35 bits per heavy atom. The molecule has 4 rings (SSSR count). The number of ether oxygens (including phenoxy) is 1. The predicted octanol–water partition coefficient (Wildman–Crippen LogP) is 2.43. The highest BCUT2D eigenvalue weighted by molar-refractivity contribution is 6.33. The first-order chi connectivity index (χ1) is 11.2. The first-order valence-electron chi connectivity index (χ1n) is 7.67. The van der Waals surface area contributed by atoms with Gasteiger partial charge in [-0.25, -0.2) is 4.98 Å². The van der Waals surface area contributed by atoms with Gasteiger partial charge < -0.3 is 14.1 Å². The summed E-state index contributed by atoms with van der Waals surface area (Å²) in [5.41, 5.74) is 1.31. The number of rotatable bonds is 2. The van der Waals surface area contributed by atoms with Gasteiger partial charge in [0.2, 0.25) is 0 Å². The van der Waals surface area contributed by atoms with Crippen molar-refractivity contribution in [2.24, 2.45) is 0 Å². The van der Waals surface area contributed by atoms with Gasteiger partial charge in [0, 0.05) is 32.0 Å². The van der Waals surface area contributed by atoms with E-state index in [9.17, 15) is 4.79 Å².